The fourth-order valence-electron chi connectivity index (χ4n) is 3.50. The van der Waals surface area contributed by atoms with Gasteiger partial charge < -0.3 is 4.74 Å². The van der Waals surface area contributed by atoms with E-state index in [1.165, 1.54) is 18.2 Å². The molecule has 26 heavy (non-hydrogen) atoms. The first kappa shape index (κ1) is 16.6. The van der Waals surface area contributed by atoms with Crippen molar-refractivity contribution in [3.63, 3.8) is 0 Å². The molecule has 0 bridgehead atoms. The van der Waals surface area contributed by atoms with Crippen molar-refractivity contribution in [3.05, 3.63) is 59.6 Å². The highest BCUT2D eigenvalue weighted by Crippen LogP contribution is 2.34. The number of ether oxygens (including phenoxy) is 1. The molecule has 0 unspecified atom stereocenters. The van der Waals surface area contributed by atoms with Crippen molar-refractivity contribution in [1.29, 1.82) is 5.26 Å². The van der Waals surface area contributed by atoms with E-state index >= 15 is 0 Å². The topological polar surface area (TPSA) is 79.3 Å². The molecule has 1 aromatic carbocycles. The minimum atomic E-state index is -0.350. The molecule has 1 aliphatic heterocycles. The number of benzene rings is 1. The van der Waals surface area contributed by atoms with Crippen molar-refractivity contribution in [2.24, 2.45) is 0 Å². The maximum Gasteiger partial charge on any atom is 0.179 e. The summed E-state index contributed by atoms with van der Waals surface area (Å²) in [7, 11) is 1.68. The molecule has 0 radical (unpaired) electrons. The van der Waals surface area contributed by atoms with E-state index in [1.54, 1.807) is 19.5 Å². The average molecular weight is 352 g/mol. The second-order valence-corrected chi connectivity index (χ2v) is 6.31. The fourth-order valence-corrected chi connectivity index (χ4v) is 3.50. The van der Waals surface area contributed by atoms with Crippen LogP contribution >= 0.6 is 0 Å². The lowest BCUT2D eigenvalue weighted by atomic mass is 10.1. The molecule has 3 aromatic rings. The van der Waals surface area contributed by atoms with Crippen LogP contribution in [0.15, 0.2) is 36.8 Å². The van der Waals surface area contributed by atoms with E-state index in [1.807, 2.05) is 10.6 Å². The van der Waals surface area contributed by atoms with Gasteiger partial charge in [-0.1, -0.05) is 0 Å². The maximum absolute atomic E-state index is 13.7. The number of nitriles is 1. The Morgan fingerprint density at radius 1 is 1.38 bits per heavy atom. The Bertz CT molecular complexity index is 981. The van der Waals surface area contributed by atoms with E-state index in [4.69, 9.17) is 4.74 Å². The summed E-state index contributed by atoms with van der Waals surface area (Å²) in [6.07, 6.45) is 5.95. The van der Waals surface area contributed by atoms with Crippen molar-refractivity contribution in [3.8, 4) is 6.07 Å². The summed E-state index contributed by atoms with van der Waals surface area (Å²) in [5.41, 5.74) is 1.80. The predicted octanol–water partition coefficient (Wildman–Crippen LogP) is 2.10. The summed E-state index contributed by atoms with van der Waals surface area (Å²) in [6.45, 7) is 1.10. The van der Waals surface area contributed by atoms with Crippen LogP contribution in [-0.2, 0) is 11.3 Å². The van der Waals surface area contributed by atoms with Crippen molar-refractivity contribution in [2.75, 3.05) is 13.7 Å². The number of methoxy groups -OCH3 is 1. The molecule has 0 spiro atoms. The van der Waals surface area contributed by atoms with Crippen LogP contribution in [0.25, 0.3) is 5.65 Å². The van der Waals surface area contributed by atoms with Crippen LogP contribution in [0, 0.1) is 17.1 Å². The molecule has 0 N–H and O–H groups in total. The lowest BCUT2D eigenvalue weighted by Gasteiger charge is -2.23. The Kier molecular flexibility index (Phi) is 4.32. The molecule has 0 aliphatic carbocycles. The molecular formula is C18H17FN6O. The van der Waals surface area contributed by atoms with E-state index in [0.717, 1.165) is 12.2 Å². The molecular weight excluding hydrogens is 335 g/mol. The minimum Gasteiger partial charge on any atom is -0.380 e. The summed E-state index contributed by atoms with van der Waals surface area (Å²) < 4.78 is 21.1. The number of fused-ring (bicyclic) bond motifs is 1. The van der Waals surface area contributed by atoms with Gasteiger partial charge in [-0.3, -0.25) is 14.3 Å². The summed E-state index contributed by atoms with van der Waals surface area (Å²) in [4.78, 5) is 6.22. The maximum atomic E-state index is 13.7. The average Bonchev–Trinajstić information content (AvgIpc) is 3.25. The first-order valence-corrected chi connectivity index (χ1v) is 8.29. The monoisotopic (exact) mass is 352 g/mol. The fraction of sp³-hybridized carbons (Fsp3) is 0.333. The summed E-state index contributed by atoms with van der Waals surface area (Å²) >= 11 is 0. The molecule has 7 nitrogen and oxygen atoms in total. The van der Waals surface area contributed by atoms with Gasteiger partial charge in [-0.15, -0.1) is 10.2 Å². The van der Waals surface area contributed by atoms with Gasteiger partial charge in [-0.25, -0.2) is 4.39 Å². The second-order valence-electron chi connectivity index (χ2n) is 6.31. The number of nitrogens with zero attached hydrogens (tertiary/aromatic N) is 6. The molecule has 1 fully saturated rings. The Morgan fingerprint density at radius 3 is 3.08 bits per heavy atom. The molecule has 1 aliphatic rings. The quantitative estimate of drug-likeness (QED) is 0.715. The Hall–Kier alpha value is -2.89. The Labute approximate surface area is 149 Å². The summed E-state index contributed by atoms with van der Waals surface area (Å²) in [5, 5.41) is 17.8. The van der Waals surface area contributed by atoms with E-state index in [0.29, 0.717) is 29.9 Å². The van der Waals surface area contributed by atoms with Crippen LogP contribution in [0.5, 0.6) is 0 Å². The second kappa shape index (κ2) is 6.78. The predicted molar refractivity (Wildman–Crippen MR) is 90.5 cm³/mol. The molecule has 4 rings (SSSR count). The Morgan fingerprint density at radius 2 is 2.27 bits per heavy atom. The number of hydrogen-bond acceptors (Lipinski definition) is 6. The zero-order chi connectivity index (χ0) is 18.1. The van der Waals surface area contributed by atoms with Crippen molar-refractivity contribution in [2.45, 2.75) is 25.1 Å². The van der Waals surface area contributed by atoms with E-state index in [-0.39, 0.29) is 18.0 Å². The van der Waals surface area contributed by atoms with Gasteiger partial charge in [0, 0.05) is 32.6 Å². The van der Waals surface area contributed by atoms with Gasteiger partial charge in [-0.05, 0) is 30.2 Å². The lowest BCUT2D eigenvalue weighted by molar-refractivity contribution is 0.107. The van der Waals surface area contributed by atoms with E-state index in [2.05, 4.69) is 26.2 Å². The van der Waals surface area contributed by atoms with Crippen LogP contribution in [0.3, 0.4) is 0 Å². The third kappa shape index (κ3) is 2.92. The largest absolute Gasteiger partial charge is 0.380 e. The lowest BCUT2D eigenvalue weighted by Crippen LogP contribution is -2.26. The number of aromatic nitrogens is 4. The first-order valence-electron chi connectivity index (χ1n) is 8.29. The molecule has 8 heteroatoms. The summed E-state index contributed by atoms with van der Waals surface area (Å²) in [6, 6.07) is 6.33. The van der Waals surface area contributed by atoms with Gasteiger partial charge >= 0.3 is 0 Å². The molecule has 1 saturated heterocycles. The van der Waals surface area contributed by atoms with Crippen LogP contribution in [0.4, 0.5) is 4.39 Å². The number of hydrogen-bond donors (Lipinski definition) is 0. The van der Waals surface area contributed by atoms with E-state index < -0.39 is 0 Å². The van der Waals surface area contributed by atoms with Crippen molar-refractivity contribution < 1.29 is 9.13 Å². The van der Waals surface area contributed by atoms with Crippen LogP contribution in [-0.4, -0.2) is 44.2 Å². The normalized spacial score (nSPS) is 20.5. The highest BCUT2D eigenvalue weighted by molar-refractivity contribution is 5.38. The molecule has 2 atom stereocenters. The number of halogens is 1. The van der Waals surface area contributed by atoms with Crippen LogP contribution in [0.2, 0.25) is 0 Å². The van der Waals surface area contributed by atoms with Gasteiger partial charge in [0.05, 0.1) is 30.0 Å². The Balaban J connectivity index is 1.70. The highest BCUT2D eigenvalue weighted by Gasteiger charge is 2.36. The number of rotatable bonds is 4. The highest BCUT2D eigenvalue weighted by atomic mass is 19.1. The SMILES string of the molecule is CO[C@@H]1C[C@@H](c2nnc3cnccn23)N(Cc2cc(F)ccc2C#N)C1. The van der Waals surface area contributed by atoms with Crippen LogP contribution < -0.4 is 0 Å². The smallest absolute Gasteiger partial charge is 0.179 e. The minimum absolute atomic E-state index is 0.0354. The zero-order valence-corrected chi connectivity index (χ0v) is 14.2. The van der Waals surface area contributed by atoms with Gasteiger partial charge in [0.25, 0.3) is 0 Å². The number of likely N-dealkylation sites (tertiary alicyclic amines) is 1. The third-order valence-corrected chi connectivity index (χ3v) is 4.80. The molecule has 0 amide bonds. The molecule has 2 aromatic heterocycles. The summed E-state index contributed by atoms with van der Waals surface area (Å²) in [5.74, 6) is 0.439. The van der Waals surface area contributed by atoms with E-state index in [9.17, 15) is 9.65 Å². The first-order chi connectivity index (χ1) is 12.7. The molecule has 132 valence electrons. The van der Waals surface area contributed by atoms with Gasteiger partial charge in [0.1, 0.15) is 5.82 Å². The standard InChI is InChI=1S/C18H17FN6O/c1-26-15-7-16(18-23-22-17-9-21-4-5-25(17)18)24(11-15)10-13-6-14(19)3-2-12(13)8-20/h2-6,9,15-16H,7,10-11H2,1H3/t15-,16+/m1/s1. The van der Waals surface area contributed by atoms with Crippen molar-refractivity contribution >= 4 is 5.65 Å². The molecule has 0 saturated carbocycles. The van der Waals surface area contributed by atoms with Crippen LogP contribution in [0.1, 0.15) is 29.4 Å². The van der Waals surface area contributed by atoms with Gasteiger partial charge in [-0.2, -0.15) is 5.26 Å². The molecule has 3 heterocycles. The zero-order valence-electron chi connectivity index (χ0n) is 14.2. The van der Waals surface area contributed by atoms with Gasteiger partial charge in [0.2, 0.25) is 0 Å². The third-order valence-electron chi connectivity index (χ3n) is 4.80. The van der Waals surface area contributed by atoms with Gasteiger partial charge in [0.15, 0.2) is 11.5 Å². The van der Waals surface area contributed by atoms with Crippen molar-refractivity contribution in [1.82, 2.24) is 24.5 Å².